The van der Waals surface area contributed by atoms with Gasteiger partial charge in [0.05, 0.1) is 6.10 Å². The van der Waals surface area contributed by atoms with Crippen LogP contribution in [0.25, 0.3) is 0 Å². The van der Waals surface area contributed by atoms with Crippen LogP contribution in [0.15, 0.2) is 24.3 Å². The minimum Gasteiger partial charge on any atom is -0.490 e. The molecular formula is C17H24N2O3. The molecule has 1 aliphatic heterocycles. The van der Waals surface area contributed by atoms with Gasteiger partial charge >= 0.3 is 6.09 Å². The van der Waals surface area contributed by atoms with Crippen molar-refractivity contribution in [3.8, 4) is 5.75 Å². The second-order valence-electron chi connectivity index (χ2n) is 6.39. The van der Waals surface area contributed by atoms with Gasteiger partial charge in [-0.05, 0) is 62.4 Å². The predicted molar refractivity (Wildman–Crippen MR) is 84.1 cm³/mol. The second kappa shape index (κ2) is 7.01. The smallest absolute Gasteiger partial charge is 0.404 e. The molecule has 2 N–H and O–H groups in total. The number of likely N-dealkylation sites (tertiary alicyclic amines) is 1. The first-order valence-corrected chi connectivity index (χ1v) is 8.14. The van der Waals surface area contributed by atoms with Crippen LogP contribution in [0.5, 0.6) is 5.75 Å². The second-order valence-corrected chi connectivity index (χ2v) is 6.39. The molecule has 5 heteroatoms. The highest BCUT2D eigenvalue weighted by Gasteiger charge is 2.30. The molecule has 1 aromatic carbocycles. The van der Waals surface area contributed by atoms with Crippen LogP contribution in [0, 0.1) is 5.92 Å². The van der Waals surface area contributed by atoms with Gasteiger partial charge in [0.1, 0.15) is 5.75 Å². The standard InChI is InChI=1S/C17H24N2O3/c20-17(21)18-11-14-9-16(10-14)22-15-5-3-13(4-6-15)12-19-7-1-2-8-19/h3-6,14,16,18H,1-2,7-12H2,(H,20,21). The highest BCUT2D eigenvalue weighted by atomic mass is 16.5. The molecule has 1 amide bonds. The summed E-state index contributed by atoms with van der Waals surface area (Å²) in [5.41, 5.74) is 1.34. The van der Waals surface area contributed by atoms with E-state index in [1.54, 1.807) is 0 Å². The topological polar surface area (TPSA) is 61.8 Å². The maximum atomic E-state index is 10.4. The lowest BCUT2D eigenvalue weighted by Crippen LogP contribution is -2.40. The lowest BCUT2D eigenvalue weighted by atomic mass is 9.82. The third-order valence-corrected chi connectivity index (χ3v) is 4.57. The minimum atomic E-state index is -0.946. The summed E-state index contributed by atoms with van der Waals surface area (Å²) in [5.74, 6) is 1.33. The first kappa shape index (κ1) is 15.2. The molecule has 0 aromatic heterocycles. The summed E-state index contributed by atoms with van der Waals surface area (Å²) in [6.45, 7) is 3.99. The fourth-order valence-corrected chi connectivity index (χ4v) is 3.23. The Bertz CT molecular complexity index is 491. The molecule has 0 bridgehead atoms. The van der Waals surface area contributed by atoms with E-state index in [9.17, 15) is 4.79 Å². The van der Waals surface area contributed by atoms with Crippen molar-refractivity contribution < 1.29 is 14.6 Å². The first-order chi connectivity index (χ1) is 10.7. The number of carbonyl (C=O) groups is 1. The van der Waals surface area contributed by atoms with E-state index in [1.807, 2.05) is 12.1 Å². The van der Waals surface area contributed by atoms with Gasteiger partial charge in [-0.2, -0.15) is 0 Å². The minimum absolute atomic E-state index is 0.227. The third kappa shape index (κ3) is 4.13. The lowest BCUT2D eigenvalue weighted by Gasteiger charge is -2.35. The molecule has 22 heavy (non-hydrogen) atoms. The Morgan fingerprint density at radius 3 is 2.55 bits per heavy atom. The molecule has 3 rings (SSSR count). The summed E-state index contributed by atoms with van der Waals surface area (Å²) in [4.78, 5) is 12.9. The molecule has 0 spiro atoms. The molecule has 0 atom stereocenters. The SMILES string of the molecule is O=C(O)NCC1CC(Oc2ccc(CN3CCCC3)cc2)C1. The van der Waals surface area contributed by atoms with Crippen LogP contribution in [-0.4, -0.2) is 41.8 Å². The Morgan fingerprint density at radius 2 is 1.91 bits per heavy atom. The van der Waals surface area contributed by atoms with Gasteiger partial charge < -0.3 is 15.2 Å². The Balaban J connectivity index is 1.39. The van der Waals surface area contributed by atoms with E-state index in [2.05, 4.69) is 22.3 Å². The van der Waals surface area contributed by atoms with Crippen LogP contribution < -0.4 is 10.1 Å². The number of nitrogens with one attached hydrogen (secondary N) is 1. The van der Waals surface area contributed by atoms with Crippen molar-refractivity contribution in [2.75, 3.05) is 19.6 Å². The van der Waals surface area contributed by atoms with E-state index in [0.29, 0.717) is 12.5 Å². The summed E-state index contributed by atoms with van der Waals surface area (Å²) < 4.78 is 5.92. The van der Waals surface area contributed by atoms with E-state index in [1.165, 1.54) is 31.5 Å². The molecule has 1 saturated carbocycles. The van der Waals surface area contributed by atoms with E-state index < -0.39 is 6.09 Å². The van der Waals surface area contributed by atoms with E-state index in [0.717, 1.165) is 25.1 Å². The largest absolute Gasteiger partial charge is 0.490 e. The van der Waals surface area contributed by atoms with Gasteiger partial charge in [-0.3, -0.25) is 4.90 Å². The summed E-state index contributed by atoms with van der Waals surface area (Å²) >= 11 is 0. The number of rotatable bonds is 6. The van der Waals surface area contributed by atoms with Crippen molar-refractivity contribution in [3.63, 3.8) is 0 Å². The summed E-state index contributed by atoms with van der Waals surface area (Å²) in [7, 11) is 0. The molecule has 120 valence electrons. The maximum absolute atomic E-state index is 10.4. The molecule has 0 unspecified atom stereocenters. The predicted octanol–water partition coefficient (Wildman–Crippen LogP) is 2.71. The molecule has 2 aliphatic rings. The number of hydrogen-bond acceptors (Lipinski definition) is 3. The van der Waals surface area contributed by atoms with Crippen LogP contribution in [0.3, 0.4) is 0 Å². The van der Waals surface area contributed by atoms with Crippen LogP contribution in [0.2, 0.25) is 0 Å². The fraction of sp³-hybridized carbons (Fsp3) is 0.588. The van der Waals surface area contributed by atoms with Crippen LogP contribution in [0.1, 0.15) is 31.2 Å². The zero-order valence-corrected chi connectivity index (χ0v) is 12.8. The average Bonchev–Trinajstić information content (AvgIpc) is 2.95. The van der Waals surface area contributed by atoms with E-state index in [-0.39, 0.29) is 6.10 Å². The number of carboxylic acid groups (broad SMARTS) is 1. The number of nitrogens with zero attached hydrogens (tertiary/aromatic N) is 1. The molecular weight excluding hydrogens is 280 g/mol. The zero-order valence-electron chi connectivity index (χ0n) is 12.8. The van der Waals surface area contributed by atoms with Gasteiger partial charge in [0, 0.05) is 13.1 Å². The van der Waals surface area contributed by atoms with Crippen molar-refractivity contribution in [2.24, 2.45) is 5.92 Å². The number of hydrogen-bond donors (Lipinski definition) is 2. The molecule has 1 heterocycles. The van der Waals surface area contributed by atoms with Gasteiger partial charge in [-0.1, -0.05) is 12.1 Å². The molecule has 1 saturated heterocycles. The summed E-state index contributed by atoms with van der Waals surface area (Å²) in [5, 5.41) is 11.0. The van der Waals surface area contributed by atoms with Gasteiger partial charge in [0.25, 0.3) is 0 Å². The third-order valence-electron chi connectivity index (χ3n) is 4.57. The zero-order chi connectivity index (χ0) is 15.4. The highest BCUT2D eigenvalue weighted by molar-refractivity contribution is 5.64. The van der Waals surface area contributed by atoms with Crippen molar-refractivity contribution in [1.82, 2.24) is 10.2 Å². The summed E-state index contributed by atoms with van der Waals surface area (Å²) in [6.07, 6.45) is 3.77. The van der Waals surface area contributed by atoms with Gasteiger partial charge in [0.2, 0.25) is 0 Å². The number of amides is 1. The quantitative estimate of drug-likeness (QED) is 0.848. The van der Waals surface area contributed by atoms with Crippen molar-refractivity contribution in [3.05, 3.63) is 29.8 Å². The first-order valence-electron chi connectivity index (χ1n) is 8.14. The van der Waals surface area contributed by atoms with Crippen molar-refractivity contribution in [1.29, 1.82) is 0 Å². The van der Waals surface area contributed by atoms with Gasteiger partial charge in [0.15, 0.2) is 0 Å². The molecule has 5 nitrogen and oxygen atoms in total. The lowest BCUT2D eigenvalue weighted by molar-refractivity contribution is 0.0645. The van der Waals surface area contributed by atoms with E-state index in [4.69, 9.17) is 9.84 Å². The molecule has 1 aromatic rings. The average molecular weight is 304 g/mol. The van der Waals surface area contributed by atoms with E-state index >= 15 is 0 Å². The van der Waals surface area contributed by atoms with Crippen molar-refractivity contribution in [2.45, 2.75) is 38.3 Å². The highest BCUT2D eigenvalue weighted by Crippen LogP contribution is 2.31. The van der Waals surface area contributed by atoms with Crippen LogP contribution in [-0.2, 0) is 6.54 Å². The Kier molecular flexibility index (Phi) is 4.83. The Labute approximate surface area is 131 Å². The summed E-state index contributed by atoms with van der Waals surface area (Å²) in [6, 6.07) is 8.40. The Morgan fingerprint density at radius 1 is 1.23 bits per heavy atom. The van der Waals surface area contributed by atoms with Crippen molar-refractivity contribution >= 4 is 6.09 Å². The fourth-order valence-electron chi connectivity index (χ4n) is 3.23. The van der Waals surface area contributed by atoms with Crippen LogP contribution in [0.4, 0.5) is 4.79 Å². The monoisotopic (exact) mass is 304 g/mol. The number of benzene rings is 1. The molecule has 0 radical (unpaired) electrons. The molecule has 1 aliphatic carbocycles. The number of ether oxygens (including phenoxy) is 1. The normalized spacial score (nSPS) is 24.7. The maximum Gasteiger partial charge on any atom is 0.404 e. The van der Waals surface area contributed by atoms with Crippen LogP contribution >= 0.6 is 0 Å². The van der Waals surface area contributed by atoms with Gasteiger partial charge in [-0.25, -0.2) is 4.79 Å². The Hall–Kier alpha value is -1.75. The molecule has 2 fully saturated rings. The van der Waals surface area contributed by atoms with Gasteiger partial charge in [-0.15, -0.1) is 0 Å².